The van der Waals surface area contributed by atoms with Crippen molar-refractivity contribution < 1.29 is 0 Å². The number of benzene rings is 1. The molecule has 0 unspecified atom stereocenters. The molecule has 8 heteroatoms. The summed E-state index contributed by atoms with van der Waals surface area (Å²) >= 11 is 3.18. The van der Waals surface area contributed by atoms with E-state index in [1.807, 2.05) is 29.7 Å². The minimum absolute atomic E-state index is 0.737. The molecule has 0 spiro atoms. The van der Waals surface area contributed by atoms with Gasteiger partial charge in [0.2, 0.25) is 10.9 Å². The van der Waals surface area contributed by atoms with Crippen LogP contribution < -0.4 is 5.32 Å². The lowest BCUT2D eigenvalue weighted by atomic mass is 10.2. The van der Waals surface area contributed by atoms with E-state index in [2.05, 4.69) is 57.5 Å². The van der Waals surface area contributed by atoms with Gasteiger partial charge in [0.25, 0.3) is 0 Å². The largest absolute Gasteiger partial charge is 0.330 e. The van der Waals surface area contributed by atoms with Crippen molar-refractivity contribution in [3.05, 3.63) is 59.2 Å². The van der Waals surface area contributed by atoms with E-state index in [9.17, 15) is 0 Å². The zero-order chi connectivity index (χ0) is 18.1. The molecule has 26 heavy (non-hydrogen) atoms. The molecular weight excluding hydrogens is 364 g/mol. The molecule has 0 aliphatic rings. The Balaban J connectivity index is 1.43. The first-order valence-electron chi connectivity index (χ1n) is 8.19. The number of hydrogen-bond donors (Lipinski definition) is 1. The topological polar surface area (TPSA) is 68.0 Å². The van der Waals surface area contributed by atoms with Crippen LogP contribution in [0.25, 0.3) is 5.78 Å². The van der Waals surface area contributed by atoms with Crippen molar-refractivity contribution in [1.82, 2.24) is 24.6 Å². The molecule has 1 N–H and O–H groups in total. The molecule has 0 aliphatic carbocycles. The highest BCUT2D eigenvalue weighted by Gasteiger charge is 2.09. The van der Waals surface area contributed by atoms with Gasteiger partial charge in [-0.25, -0.2) is 9.97 Å². The van der Waals surface area contributed by atoms with Gasteiger partial charge in [-0.3, -0.25) is 4.40 Å². The van der Waals surface area contributed by atoms with Gasteiger partial charge in [-0.2, -0.15) is 0 Å². The SMILES string of the molecule is Cc1ccc(Nc2nnc(SCc3cn4c(C)cc(C)nc4n3)s2)cc1. The first-order chi connectivity index (χ1) is 12.6. The first-order valence-corrected chi connectivity index (χ1v) is 9.99. The number of hydrogen-bond acceptors (Lipinski definition) is 7. The molecule has 132 valence electrons. The lowest BCUT2D eigenvalue weighted by Crippen LogP contribution is -1.94. The van der Waals surface area contributed by atoms with Crippen LogP contribution in [0.5, 0.6) is 0 Å². The normalized spacial score (nSPS) is 11.2. The average Bonchev–Trinajstić information content (AvgIpc) is 3.22. The minimum Gasteiger partial charge on any atom is -0.330 e. The maximum atomic E-state index is 4.60. The second kappa shape index (κ2) is 7.05. The third-order valence-corrected chi connectivity index (χ3v) is 5.87. The third-order valence-electron chi connectivity index (χ3n) is 3.86. The fourth-order valence-corrected chi connectivity index (χ4v) is 4.26. The summed E-state index contributed by atoms with van der Waals surface area (Å²) in [7, 11) is 0. The van der Waals surface area contributed by atoms with Crippen LogP contribution in [0.3, 0.4) is 0 Å². The van der Waals surface area contributed by atoms with E-state index < -0.39 is 0 Å². The number of aryl methyl sites for hydroxylation is 3. The lowest BCUT2D eigenvalue weighted by Gasteiger charge is -2.01. The number of fused-ring (bicyclic) bond motifs is 1. The van der Waals surface area contributed by atoms with Gasteiger partial charge in [-0.15, -0.1) is 10.2 Å². The summed E-state index contributed by atoms with van der Waals surface area (Å²) in [6, 6.07) is 10.3. The maximum Gasteiger partial charge on any atom is 0.234 e. The summed E-state index contributed by atoms with van der Waals surface area (Å²) in [4.78, 5) is 9.08. The summed E-state index contributed by atoms with van der Waals surface area (Å²) in [6.45, 7) is 6.12. The van der Waals surface area contributed by atoms with E-state index in [1.165, 1.54) is 5.56 Å². The quantitative estimate of drug-likeness (QED) is 0.511. The zero-order valence-corrected chi connectivity index (χ0v) is 16.4. The third kappa shape index (κ3) is 3.71. The number of rotatable bonds is 5. The minimum atomic E-state index is 0.737. The van der Waals surface area contributed by atoms with Crippen LogP contribution >= 0.6 is 23.1 Å². The highest BCUT2D eigenvalue weighted by atomic mass is 32.2. The molecule has 0 aliphatic heterocycles. The standard InChI is InChI=1S/C18H18N6S2/c1-11-4-6-14(7-5-11)21-17-22-23-18(26-17)25-10-15-9-24-13(3)8-12(2)19-16(24)20-15/h4-9H,10H2,1-3H3,(H,21,22). The molecular formula is C18H18N6S2. The van der Waals surface area contributed by atoms with E-state index in [0.717, 1.165) is 43.8 Å². The van der Waals surface area contributed by atoms with Gasteiger partial charge in [0.1, 0.15) is 0 Å². The summed E-state index contributed by atoms with van der Waals surface area (Å²) < 4.78 is 2.94. The Bertz CT molecular complexity index is 1050. The van der Waals surface area contributed by atoms with Gasteiger partial charge in [-0.1, -0.05) is 40.8 Å². The van der Waals surface area contributed by atoms with E-state index in [0.29, 0.717) is 0 Å². The van der Waals surface area contributed by atoms with E-state index in [1.54, 1.807) is 23.1 Å². The molecule has 0 saturated heterocycles. The van der Waals surface area contributed by atoms with Crippen molar-refractivity contribution in [2.75, 3.05) is 5.32 Å². The highest BCUT2D eigenvalue weighted by Crippen LogP contribution is 2.29. The Hall–Kier alpha value is -2.45. The zero-order valence-electron chi connectivity index (χ0n) is 14.7. The maximum absolute atomic E-state index is 4.60. The van der Waals surface area contributed by atoms with Gasteiger partial charge in [0.05, 0.1) is 5.69 Å². The van der Waals surface area contributed by atoms with Crippen LogP contribution in [-0.2, 0) is 5.75 Å². The number of nitrogens with zero attached hydrogens (tertiary/aromatic N) is 5. The van der Waals surface area contributed by atoms with Crippen LogP contribution in [0.1, 0.15) is 22.6 Å². The Morgan fingerprint density at radius 2 is 1.88 bits per heavy atom. The smallest absolute Gasteiger partial charge is 0.234 e. The predicted octanol–water partition coefficient (Wildman–Crippen LogP) is 4.54. The van der Waals surface area contributed by atoms with Crippen LogP contribution in [0.4, 0.5) is 10.8 Å². The molecule has 0 radical (unpaired) electrons. The van der Waals surface area contributed by atoms with Crippen LogP contribution in [0, 0.1) is 20.8 Å². The van der Waals surface area contributed by atoms with Gasteiger partial charge in [-0.05, 0) is 39.0 Å². The predicted molar refractivity (Wildman–Crippen MR) is 106 cm³/mol. The summed E-state index contributed by atoms with van der Waals surface area (Å²) in [6.07, 6.45) is 2.04. The highest BCUT2D eigenvalue weighted by molar-refractivity contribution is 8.00. The number of thioether (sulfide) groups is 1. The van der Waals surface area contributed by atoms with Crippen molar-refractivity contribution in [1.29, 1.82) is 0 Å². The summed E-state index contributed by atoms with van der Waals surface area (Å²) in [5, 5.41) is 12.5. The van der Waals surface area contributed by atoms with Crippen LogP contribution in [0.15, 0.2) is 40.9 Å². The Labute approximate surface area is 159 Å². The molecule has 0 saturated carbocycles. The molecule has 4 rings (SSSR count). The molecule has 4 aromatic rings. The van der Waals surface area contributed by atoms with E-state index in [-0.39, 0.29) is 0 Å². The molecule has 0 fully saturated rings. The Morgan fingerprint density at radius 3 is 2.69 bits per heavy atom. The molecule has 1 aromatic carbocycles. The van der Waals surface area contributed by atoms with Crippen molar-refractivity contribution in [2.24, 2.45) is 0 Å². The molecule has 3 aromatic heterocycles. The second-order valence-corrected chi connectivity index (χ2v) is 8.29. The summed E-state index contributed by atoms with van der Waals surface area (Å²) in [5.74, 6) is 1.48. The van der Waals surface area contributed by atoms with Gasteiger partial charge >= 0.3 is 0 Å². The fraction of sp³-hybridized carbons (Fsp3) is 0.222. The lowest BCUT2D eigenvalue weighted by molar-refractivity contribution is 1.01. The molecule has 6 nitrogen and oxygen atoms in total. The van der Waals surface area contributed by atoms with E-state index in [4.69, 9.17) is 0 Å². The second-order valence-electron chi connectivity index (χ2n) is 6.09. The van der Waals surface area contributed by atoms with Gasteiger partial charge in [0, 0.05) is 29.0 Å². The molecule has 0 bridgehead atoms. The van der Waals surface area contributed by atoms with Gasteiger partial charge < -0.3 is 5.32 Å². The first kappa shape index (κ1) is 17.0. The summed E-state index contributed by atoms with van der Waals surface area (Å²) in [5.41, 5.74) is 5.35. The van der Waals surface area contributed by atoms with Crippen LogP contribution in [-0.4, -0.2) is 24.6 Å². The number of anilines is 2. The Kier molecular flexibility index (Phi) is 4.60. The van der Waals surface area contributed by atoms with E-state index >= 15 is 0 Å². The number of imidazole rings is 1. The van der Waals surface area contributed by atoms with Crippen molar-refractivity contribution in [3.63, 3.8) is 0 Å². The monoisotopic (exact) mass is 382 g/mol. The molecule has 0 atom stereocenters. The Morgan fingerprint density at radius 1 is 1.08 bits per heavy atom. The average molecular weight is 383 g/mol. The molecule has 0 amide bonds. The number of aromatic nitrogens is 5. The van der Waals surface area contributed by atoms with Crippen LogP contribution in [0.2, 0.25) is 0 Å². The number of nitrogens with one attached hydrogen (secondary N) is 1. The van der Waals surface area contributed by atoms with Crippen molar-refractivity contribution in [3.8, 4) is 0 Å². The van der Waals surface area contributed by atoms with Crippen molar-refractivity contribution in [2.45, 2.75) is 30.9 Å². The van der Waals surface area contributed by atoms with Crippen molar-refractivity contribution >= 4 is 39.7 Å². The van der Waals surface area contributed by atoms with Gasteiger partial charge in [0.15, 0.2) is 4.34 Å². The molecule has 3 heterocycles. The fourth-order valence-electron chi connectivity index (χ4n) is 2.60.